The summed E-state index contributed by atoms with van der Waals surface area (Å²) in [6, 6.07) is 1.99. The third kappa shape index (κ3) is 1.66. The number of halogens is 1. The second-order valence-electron chi connectivity index (χ2n) is 3.72. The summed E-state index contributed by atoms with van der Waals surface area (Å²) < 4.78 is 8.29. The Morgan fingerprint density at radius 2 is 2.47 bits per heavy atom. The Balaban J connectivity index is 2.13. The fourth-order valence-corrected chi connectivity index (χ4v) is 2.01. The van der Waals surface area contributed by atoms with Gasteiger partial charge in [-0.3, -0.25) is 0 Å². The Morgan fingerprint density at radius 3 is 3.20 bits per heavy atom. The fraction of sp³-hybridized carbons (Fsp3) is 0.400. The molecule has 5 heteroatoms. The number of aromatic nitrogens is 3. The Labute approximate surface area is 95.4 Å². The lowest BCUT2D eigenvalue weighted by Crippen LogP contribution is -2.06. The number of ether oxygens (including phenoxy) is 1. The molecule has 1 aliphatic rings. The summed E-state index contributed by atoms with van der Waals surface area (Å²) in [5.41, 5.74) is 1.87. The molecule has 0 saturated carbocycles. The van der Waals surface area contributed by atoms with Crippen LogP contribution in [0.15, 0.2) is 16.7 Å². The number of imidazole rings is 1. The summed E-state index contributed by atoms with van der Waals surface area (Å²) in [7, 11) is 0. The standard InChI is InChI=1S/C10H10BrN3O/c1-6-13-9-2-7(11)3-12-10(9)14(6)4-8-5-15-8/h2-3,8H,4-5H2,1H3. The smallest absolute Gasteiger partial charge is 0.160 e. The van der Waals surface area contributed by atoms with Crippen LogP contribution in [-0.2, 0) is 11.3 Å². The van der Waals surface area contributed by atoms with Crippen molar-refractivity contribution in [3.8, 4) is 0 Å². The van der Waals surface area contributed by atoms with Gasteiger partial charge in [0, 0.05) is 10.7 Å². The van der Waals surface area contributed by atoms with E-state index in [1.165, 1.54) is 0 Å². The topological polar surface area (TPSA) is 43.2 Å². The van der Waals surface area contributed by atoms with Crippen LogP contribution in [-0.4, -0.2) is 27.2 Å². The highest BCUT2D eigenvalue weighted by molar-refractivity contribution is 9.10. The van der Waals surface area contributed by atoms with E-state index < -0.39 is 0 Å². The number of fused-ring (bicyclic) bond motifs is 1. The Kier molecular flexibility index (Phi) is 2.03. The van der Waals surface area contributed by atoms with Gasteiger partial charge in [-0.15, -0.1) is 0 Å². The van der Waals surface area contributed by atoms with Gasteiger partial charge in [0.2, 0.25) is 0 Å². The van der Waals surface area contributed by atoms with Crippen LogP contribution in [0.5, 0.6) is 0 Å². The quantitative estimate of drug-likeness (QED) is 0.781. The molecule has 0 N–H and O–H groups in total. The molecule has 0 aliphatic carbocycles. The van der Waals surface area contributed by atoms with Crippen LogP contribution < -0.4 is 0 Å². The van der Waals surface area contributed by atoms with E-state index in [1.807, 2.05) is 13.0 Å². The zero-order valence-electron chi connectivity index (χ0n) is 8.27. The Morgan fingerprint density at radius 1 is 1.67 bits per heavy atom. The summed E-state index contributed by atoms with van der Waals surface area (Å²) in [5.74, 6) is 0.992. The monoisotopic (exact) mass is 267 g/mol. The lowest BCUT2D eigenvalue weighted by molar-refractivity contribution is 0.383. The summed E-state index contributed by atoms with van der Waals surface area (Å²) in [6.45, 7) is 3.71. The number of aryl methyl sites for hydroxylation is 1. The molecule has 1 saturated heterocycles. The third-order valence-electron chi connectivity index (χ3n) is 2.53. The number of rotatable bonds is 2. The summed E-state index contributed by atoms with van der Waals surface area (Å²) in [6.07, 6.45) is 2.15. The molecule has 1 aliphatic heterocycles. The second-order valence-corrected chi connectivity index (χ2v) is 4.64. The minimum absolute atomic E-state index is 0.353. The van der Waals surface area contributed by atoms with Crippen molar-refractivity contribution in [1.29, 1.82) is 0 Å². The van der Waals surface area contributed by atoms with Gasteiger partial charge in [0.25, 0.3) is 0 Å². The molecular weight excluding hydrogens is 258 g/mol. The van der Waals surface area contributed by atoms with E-state index in [0.717, 1.165) is 34.6 Å². The highest BCUT2D eigenvalue weighted by atomic mass is 79.9. The molecule has 1 atom stereocenters. The van der Waals surface area contributed by atoms with Crippen molar-refractivity contribution in [3.05, 3.63) is 22.6 Å². The molecule has 2 aromatic rings. The van der Waals surface area contributed by atoms with Gasteiger partial charge in [-0.05, 0) is 28.9 Å². The zero-order valence-corrected chi connectivity index (χ0v) is 9.86. The largest absolute Gasteiger partial charge is 0.371 e. The first kappa shape index (κ1) is 9.30. The zero-order chi connectivity index (χ0) is 10.4. The van der Waals surface area contributed by atoms with Crippen LogP contribution in [0, 0.1) is 6.92 Å². The maximum absolute atomic E-state index is 5.22. The number of epoxide rings is 1. The molecule has 3 rings (SSSR count). The van der Waals surface area contributed by atoms with E-state index in [0.29, 0.717) is 6.10 Å². The average molecular weight is 268 g/mol. The van der Waals surface area contributed by atoms with Gasteiger partial charge in [-0.1, -0.05) is 0 Å². The van der Waals surface area contributed by atoms with Crippen molar-refractivity contribution in [1.82, 2.24) is 14.5 Å². The molecule has 1 fully saturated rings. The van der Waals surface area contributed by atoms with E-state index in [9.17, 15) is 0 Å². The second kappa shape index (κ2) is 3.28. The normalized spacial score (nSPS) is 19.7. The van der Waals surface area contributed by atoms with E-state index in [2.05, 4.69) is 30.5 Å². The van der Waals surface area contributed by atoms with Crippen LogP contribution in [0.2, 0.25) is 0 Å². The van der Waals surface area contributed by atoms with Crippen molar-refractivity contribution in [2.24, 2.45) is 0 Å². The van der Waals surface area contributed by atoms with Gasteiger partial charge in [-0.2, -0.15) is 0 Å². The van der Waals surface area contributed by atoms with E-state index in [4.69, 9.17) is 4.74 Å². The minimum atomic E-state index is 0.353. The number of hydrogen-bond acceptors (Lipinski definition) is 3. The SMILES string of the molecule is Cc1nc2cc(Br)cnc2n1CC1CO1. The van der Waals surface area contributed by atoms with Gasteiger partial charge >= 0.3 is 0 Å². The number of nitrogens with zero attached hydrogens (tertiary/aromatic N) is 3. The third-order valence-corrected chi connectivity index (χ3v) is 2.96. The van der Waals surface area contributed by atoms with Gasteiger partial charge in [0.1, 0.15) is 11.3 Å². The van der Waals surface area contributed by atoms with Crippen LogP contribution in [0.4, 0.5) is 0 Å². The molecule has 78 valence electrons. The number of hydrogen-bond donors (Lipinski definition) is 0. The molecule has 0 amide bonds. The van der Waals surface area contributed by atoms with Gasteiger partial charge in [-0.25, -0.2) is 9.97 Å². The molecule has 0 bridgehead atoms. The molecule has 0 spiro atoms. The van der Waals surface area contributed by atoms with Crippen molar-refractivity contribution >= 4 is 27.1 Å². The molecule has 1 unspecified atom stereocenters. The molecule has 4 nitrogen and oxygen atoms in total. The van der Waals surface area contributed by atoms with Crippen LogP contribution >= 0.6 is 15.9 Å². The first-order valence-electron chi connectivity index (χ1n) is 4.84. The van der Waals surface area contributed by atoms with Crippen molar-refractivity contribution < 1.29 is 4.74 Å². The maximum atomic E-state index is 5.22. The summed E-state index contributed by atoms with van der Waals surface area (Å²) in [5, 5.41) is 0. The molecule has 0 radical (unpaired) electrons. The predicted molar refractivity (Wildman–Crippen MR) is 59.7 cm³/mol. The van der Waals surface area contributed by atoms with Gasteiger partial charge in [0.05, 0.1) is 19.3 Å². The maximum Gasteiger partial charge on any atom is 0.160 e. The van der Waals surface area contributed by atoms with Crippen LogP contribution in [0.25, 0.3) is 11.2 Å². The lowest BCUT2D eigenvalue weighted by Gasteiger charge is -2.02. The Bertz CT molecular complexity index is 519. The summed E-state index contributed by atoms with van der Waals surface area (Å²) >= 11 is 3.39. The number of pyridine rings is 1. The predicted octanol–water partition coefficient (Wildman–Crippen LogP) is 1.90. The molecule has 0 aromatic carbocycles. The lowest BCUT2D eigenvalue weighted by atomic mass is 10.4. The van der Waals surface area contributed by atoms with Crippen LogP contribution in [0.1, 0.15) is 5.82 Å². The van der Waals surface area contributed by atoms with E-state index in [1.54, 1.807) is 6.20 Å². The highest BCUT2D eigenvalue weighted by Crippen LogP contribution is 2.21. The van der Waals surface area contributed by atoms with Gasteiger partial charge in [0.15, 0.2) is 5.65 Å². The molecular formula is C10H10BrN3O. The molecule has 3 heterocycles. The highest BCUT2D eigenvalue weighted by Gasteiger charge is 2.24. The van der Waals surface area contributed by atoms with Crippen LogP contribution in [0.3, 0.4) is 0 Å². The first-order chi connectivity index (χ1) is 7.24. The van der Waals surface area contributed by atoms with E-state index >= 15 is 0 Å². The van der Waals surface area contributed by atoms with Gasteiger partial charge < -0.3 is 9.30 Å². The first-order valence-corrected chi connectivity index (χ1v) is 5.63. The molecule has 2 aromatic heterocycles. The minimum Gasteiger partial charge on any atom is -0.371 e. The Hall–Kier alpha value is -0.940. The molecule has 15 heavy (non-hydrogen) atoms. The average Bonchev–Trinajstić information content (AvgIpc) is 2.93. The van der Waals surface area contributed by atoms with Crippen molar-refractivity contribution in [2.75, 3.05) is 6.61 Å². The summed E-state index contributed by atoms with van der Waals surface area (Å²) in [4.78, 5) is 8.85. The van der Waals surface area contributed by atoms with Crippen molar-refractivity contribution in [2.45, 2.75) is 19.6 Å². The van der Waals surface area contributed by atoms with E-state index in [-0.39, 0.29) is 0 Å². The fourth-order valence-electron chi connectivity index (χ4n) is 1.70. The van der Waals surface area contributed by atoms with Crippen molar-refractivity contribution in [3.63, 3.8) is 0 Å².